The van der Waals surface area contributed by atoms with Gasteiger partial charge in [0.15, 0.2) is 0 Å². The molecule has 0 saturated carbocycles. The van der Waals surface area contributed by atoms with Crippen molar-refractivity contribution in [3.63, 3.8) is 0 Å². The van der Waals surface area contributed by atoms with Gasteiger partial charge in [-0.25, -0.2) is 12.8 Å². The fraction of sp³-hybridized carbons (Fsp3) is 0.600. The average molecular weight is 346 g/mol. The molecule has 1 heterocycles. The van der Waals surface area contributed by atoms with E-state index in [9.17, 15) is 17.9 Å². The summed E-state index contributed by atoms with van der Waals surface area (Å²) in [6.07, 6.45) is 0.514. The molecular formula is C15H23FN2O4S. The van der Waals surface area contributed by atoms with Gasteiger partial charge in [-0.3, -0.25) is 4.90 Å². The number of hydrogen-bond donors (Lipinski definition) is 1. The lowest BCUT2D eigenvalue weighted by atomic mass is 10.2. The highest BCUT2D eigenvalue weighted by Gasteiger charge is 2.24. The number of hydrogen-bond acceptors (Lipinski definition) is 5. The molecule has 130 valence electrons. The molecule has 1 aliphatic heterocycles. The van der Waals surface area contributed by atoms with E-state index in [0.717, 1.165) is 0 Å². The van der Waals surface area contributed by atoms with Gasteiger partial charge in [0.2, 0.25) is 10.0 Å². The van der Waals surface area contributed by atoms with E-state index in [1.807, 2.05) is 4.90 Å². The van der Waals surface area contributed by atoms with Gasteiger partial charge in [-0.15, -0.1) is 0 Å². The van der Waals surface area contributed by atoms with Crippen LogP contribution < -0.4 is 0 Å². The molecule has 0 bridgehead atoms. The van der Waals surface area contributed by atoms with Gasteiger partial charge in [-0.1, -0.05) is 18.2 Å². The van der Waals surface area contributed by atoms with Gasteiger partial charge < -0.3 is 9.84 Å². The maximum Gasteiger partial charge on any atom is 0.211 e. The van der Waals surface area contributed by atoms with Crippen molar-refractivity contribution >= 4 is 10.0 Å². The summed E-state index contributed by atoms with van der Waals surface area (Å²) in [6, 6.07) is 6.37. The van der Waals surface area contributed by atoms with E-state index >= 15 is 0 Å². The molecule has 1 fully saturated rings. The fourth-order valence-corrected chi connectivity index (χ4v) is 3.34. The smallest absolute Gasteiger partial charge is 0.211 e. The Morgan fingerprint density at radius 2 is 1.91 bits per heavy atom. The summed E-state index contributed by atoms with van der Waals surface area (Å²) in [5.41, 5.74) is 0.460. The van der Waals surface area contributed by atoms with Crippen LogP contribution in [0.15, 0.2) is 24.3 Å². The van der Waals surface area contributed by atoms with E-state index in [4.69, 9.17) is 4.74 Å². The Morgan fingerprint density at radius 3 is 2.52 bits per heavy atom. The van der Waals surface area contributed by atoms with Crippen LogP contribution in [0.1, 0.15) is 5.56 Å². The number of aliphatic hydroxyl groups is 1. The number of ether oxygens (including phenoxy) is 1. The minimum Gasteiger partial charge on any atom is -0.389 e. The minimum atomic E-state index is -3.14. The van der Waals surface area contributed by atoms with Crippen molar-refractivity contribution in [2.75, 3.05) is 45.6 Å². The Kier molecular flexibility index (Phi) is 6.49. The Labute approximate surface area is 136 Å². The molecule has 1 saturated heterocycles. The molecule has 23 heavy (non-hydrogen) atoms. The standard InChI is InChI=1S/C15H23FN2O4S/c1-23(20,21)18-8-6-17(7-9-18)10-14(19)12-22-11-13-4-2-3-5-15(13)16/h2-5,14,19H,6-12H2,1H3/t14-/m0/s1. The third-order valence-electron chi connectivity index (χ3n) is 3.79. The number of rotatable bonds is 7. The first-order valence-electron chi connectivity index (χ1n) is 7.53. The topological polar surface area (TPSA) is 70.1 Å². The molecule has 0 aromatic heterocycles. The molecule has 1 aliphatic rings. The largest absolute Gasteiger partial charge is 0.389 e. The molecule has 0 aliphatic carbocycles. The molecule has 6 nitrogen and oxygen atoms in total. The van der Waals surface area contributed by atoms with Gasteiger partial charge >= 0.3 is 0 Å². The molecule has 0 spiro atoms. The first-order chi connectivity index (χ1) is 10.9. The van der Waals surface area contributed by atoms with Crippen molar-refractivity contribution in [3.8, 4) is 0 Å². The van der Waals surface area contributed by atoms with Gasteiger partial charge in [0.05, 0.1) is 25.6 Å². The van der Waals surface area contributed by atoms with Gasteiger partial charge in [0.1, 0.15) is 5.82 Å². The van der Waals surface area contributed by atoms with E-state index in [1.165, 1.54) is 16.6 Å². The van der Waals surface area contributed by atoms with Crippen molar-refractivity contribution in [1.29, 1.82) is 0 Å². The van der Waals surface area contributed by atoms with Crippen molar-refractivity contribution in [3.05, 3.63) is 35.6 Å². The second-order valence-corrected chi connectivity index (χ2v) is 7.71. The summed E-state index contributed by atoms with van der Waals surface area (Å²) in [6.45, 7) is 2.67. The average Bonchev–Trinajstić information content (AvgIpc) is 2.49. The van der Waals surface area contributed by atoms with Crippen LogP contribution in [0.5, 0.6) is 0 Å². The zero-order chi connectivity index (χ0) is 16.9. The molecule has 1 aromatic carbocycles. The van der Waals surface area contributed by atoms with E-state index < -0.39 is 16.1 Å². The normalized spacial score (nSPS) is 18.9. The van der Waals surface area contributed by atoms with Crippen LogP contribution in [0, 0.1) is 5.82 Å². The minimum absolute atomic E-state index is 0.112. The van der Waals surface area contributed by atoms with Crippen molar-refractivity contribution in [1.82, 2.24) is 9.21 Å². The number of aliphatic hydroxyl groups excluding tert-OH is 1. The molecule has 0 radical (unpaired) electrons. The highest BCUT2D eigenvalue weighted by atomic mass is 32.2. The Balaban J connectivity index is 1.68. The van der Waals surface area contributed by atoms with E-state index in [0.29, 0.717) is 38.3 Å². The van der Waals surface area contributed by atoms with Crippen molar-refractivity contribution < 1.29 is 22.7 Å². The predicted molar refractivity (Wildman–Crippen MR) is 84.9 cm³/mol. The summed E-state index contributed by atoms with van der Waals surface area (Å²) in [5, 5.41) is 9.98. The first kappa shape index (κ1) is 18.3. The van der Waals surface area contributed by atoms with Crippen molar-refractivity contribution in [2.45, 2.75) is 12.7 Å². The number of halogens is 1. The Bertz CT molecular complexity index is 603. The Hall–Kier alpha value is -1.06. The van der Waals surface area contributed by atoms with Crippen LogP contribution in [0.3, 0.4) is 0 Å². The van der Waals surface area contributed by atoms with Crippen LogP contribution in [-0.2, 0) is 21.4 Å². The summed E-state index contributed by atoms with van der Waals surface area (Å²) in [7, 11) is -3.14. The Morgan fingerprint density at radius 1 is 1.26 bits per heavy atom. The van der Waals surface area contributed by atoms with Crippen LogP contribution in [0.2, 0.25) is 0 Å². The summed E-state index contributed by atoms with van der Waals surface area (Å²) in [4.78, 5) is 2.00. The van der Waals surface area contributed by atoms with E-state index in [-0.39, 0.29) is 19.0 Å². The maximum absolute atomic E-state index is 13.4. The number of benzene rings is 1. The number of piperazine rings is 1. The highest BCUT2D eigenvalue weighted by Crippen LogP contribution is 2.09. The van der Waals surface area contributed by atoms with Crippen LogP contribution in [0.4, 0.5) is 4.39 Å². The number of β-amino-alcohol motifs (C(OH)–C–C–N with tert-alkyl or cyclic N) is 1. The van der Waals surface area contributed by atoms with Gasteiger partial charge in [-0.2, -0.15) is 4.31 Å². The SMILES string of the molecule is CS(=O)(=O)N1CCN(C[C@H](O)COCc2ccccc2F)CC1. The molecule has 1 N–H and O–H groups in total. The van der Waals surface area contributed by atoms with Gasteiger partial charge in [0, 0.05) is 38.3 Å². The monoisotopic (exact) mass is 346 g/mol. The molecule has 1 atom stereocenters. The first-order valence-corrected chi connectivity index (χ1v) is 9.38. The van der Waals surface area contributed by atoms with Crippen LogP contribution >= 0.6 is 0 Å². The van der Waals surface area contributed by atoms with Crippen LogP contribution in [-0.4, -0.2) is 74.4 Å². The highest BCUT2D eigenvalue weighted by molar-refractivity contribution is 7.88. The predicted octanol–water partition coefficient (Wildman–Crippen LogP) is 0.280. The second kappa shape index (κ2) is 8.16. The third-order valence-corrected chi connectivity index (χ3v) is 5.10. The van der Waals surface area contributed by atoms with Gasteiger partial charge in [-0.05, 0) is 6.07 Å². The lowest BCUT2D eigenvalue weighted by Crippen LogP contribution is -2.50. The molecule has 2 rings (SSSR count). The number of nitrogens with zero attached hydrogens (tertiary/aromatic N) is 2. The van der Waals surface area contributed by atoms with Crippen molar-refractivity contribution in [2.24, 2.45) is 0 Å². The summed E-state index contributed by atoms with van der Waals surface area (Å²) < 4.78 is 43.1. The fourth-order valence-electron chi connectivity index (χ4n) is 2.51. The zero-order valence-corrected chi connectivity index (χ0v) is 14.0. The molecule has 0 unspecified atom stereocenters. The molecule has 0 amide bonds. The summed E-state index contributed by atoms with van der Waals surface area (Å²) >= 11 is 0. The molecule has 8 heteroatoms. The maximum atomic E-state index is 13.4. The lowest BCUT2D eigenvalue weighted by Gasteiger charge is -2.34. The van der Waals surface area contributed by atoms with Gasteiger partial charge in [0.25, 0.3) is 0 Å². The zero-order valence-electron chi connectivity index (χ0n) is 13.2. The second-order valence-electron chi connectivity index (χ2n) is 5.72. The molecular weight excluding hydrogens is 323 g/mol. The number of sulfonamides is 1. The molecule has 1 aromatic rings. The van der Waals surface area contributed by atoms with E-state index in [1.54, 1.807) is 18.2 Å². The third kappa shape index (κ3) is 5.82. The van der Waals surface area contributed by atoms with Crippen LogP contribution in [0.25, 0.3) is 0 Å². The quantitative estimate of drug-likeness (QED) is 0.768. The van der Waals surface area contributed by atoms with E-state index in [2.05, 4.69) is 0 Å². The summed E-state index contributed by atoms with van der Waals surface area (Å²) in [5.74, 6) is -0.320. The lowest BCUT2D eigenvalue weighted by molar-refractivity contribution is 0.00471.